The molecule has 0 bridgehead atoms. The van der Waals surface area contributed by atoms with E-state index in [-0.39, 0.29) is 16.9 Å². The molecule has 3 aromatic rings. The van der Waals surface area contributed by atoms with Crippen molar-refractivity contribution >= 4 is 52.1 Å². The summed E-state index contributed by atoms with van der Waals surface area (Å²) in [6.07, 6.45) is 7.26. The Hall–Kier alpha value is -3.41. The molecule has 0 atom stereocenters. The molecule has 2 aliphatic heterocycles. The van der Waals surface area contributed by atoms with E-state index in [1.54, 1.807) is 25.3 Å². The highest BCUT2D eigenvalue weighted by molar-refractivity contribution is 8.18. The Labute approximate surface area is 222 Å². The van der Waals surface area contributed by atoms with Gasteiger partial charge in [-0.15, -0.1) is 11.3 Å². The topological polar surface area (TPSA) is 117 Å². The van der Waals surface area contributed by atoms with Gasteiger partial charge in [-0.25, -0.2) is 9.97 Å². The third-order valence-corrected chi connectivity index (χ3v) is 8.29. The predicted molar refractivity (Wildman–Crippen MR) is 145 cm³/mol. The molecule has 2 fully saturated rings. The van der Waals surface area contributed by atoms with Gasteiger partial charge in [0.25, 0.3) is 11.1 Å². The number of amides is 2. The van der Waals surface area contributed by atoms with Gasteiger partial charge in [0.15, 0.2) is 5.78 Å². The van der Waals surface area contributed by atoms with Crippen LogP contribution in [0.2, 0.25) is 0 Å². The van der Waals surface area contributed by atoms with Crippen LogP contribution in [0.15, 0.2) is 47.6 Å². The Morgan fingerprint density at radius 1 is 1.16 bits per heavy atom. The van der Waals surface area contributed by atoms with Crippen molar-refractivity contribution in [2.75, 3.05) is 24.5 Å². The SMILES string of the molecule is CC(=O)c1ccc(-c2ccc(CNCC3CCN(c4nccc(C=C5SC(=O)NC5=O)n4)CC3)cn2)s1. The molecule has 0 radical (unpaired) electrons. The predicted octanol–water partition coefficient (Wildman–Crippen LogP) is 4.13. The molecule has 9 nitrogen and oxygen atoms in total. The Morgan fingerprint density at radius 3 is 2.68 bits per heavy atom. The molecule has 5 rings (SSSR count). The van der Waals surface area contributed by atoms with Crippen LogP contribution >= 0.6 is 23.1 Å². The van der Waals surface area contributed by atoms with Crippen molar-refractivity contribution in [2.45, 2.75) is 26.3 Å². The highest BCUT2D eigenvalue weighted by Crippen LogP contribution is 2.28. The van der Waals surface area contributed by atoms with Crippen molar-refractivity contribution in [2.24, 2.45) is 5.92 Å². The van der Waals surface area contributed by atoms with Crippen molar-refractivity contribution in [3.8, 4) is 10.6 Å². The normalized spacial score (nSPS) is 17.4. The van der Waals surface area contributed by atoms with Gasteiger partial charge in [0.05, 0.1) is 26.0 Å². The first-order chi connectivity index (χ1) is 17.9. The molecule has 37 heavy (non-hydrogen) atoms. The second-order valence-corrected chi connectivity index (χ2v) is 11.1. The molecule has 0 saturated carbocycles. The van der Waals surface area contributed by atoms with Gasteiger partial charge < -0.3 is 10.2 Å². The van der Waals surface area contributed by atoms with E-state index in [9.17, 15) is 14.4 Å². The average Bonchev–Trinajstić information content (AvgIpc) is 3.52. The van der Waals surface area contributed by atoms with Crippen molar-refractivity contribution in [3.63, 3.8) is 0 Å². The number of thiophene rings is 1. The number of nitrogens with one attached hydrogen (secondary N) is 2. The summed E-state index contributed by atoms with van der Waals surface area (Å²) in [5.74, 6) is 0.896. The summed E-state index contributed by atoms with van der Waals surface area (Å²) in [6, 6.07) is 9.61. The molecule has 2 amide bonds. The first kappa shape index (κ1) is 25.2. The Kier molecular flexibility index (Phi) is 7.73. The van der Waals surface area contributed by atoms with Crippen LogP contribution in [0, 0.1) is 5.92 Å². The van der Waals surface area contributed by atoms with Gasteiger partial charge in [-0.2, -0.15) is 0 Å². The second kappa shape index (κ2) is 11.3. The van der Waals surface area contributed by atoms with Crippen LogP contribution in [-0.4, -0.2) is 51.5 Å². The van der Waals surface area contributed by atoms with Crippen LogP contribution in [-0.2, 0) is 11.3 Å². The first-order valence-corrected chi connectivity index (χ1v) is 13.7. The van der Waals surface area contributed by atoms with E-state index in [2.05, 4.69) is 36.6 Å². The quantitative estimate of drug-likeness (QED) is 0.325. The summed E-state index contributed by atoms with van der Waals surface area (Å²) in [5.41, 5.74) is 2.62. The van der Waals surface area contributed by atoms with Gasteiger partial charge in [0, 0.05) is 32.0 Å². The maximum Gasteiger partial charge on any atom is 0.290 e. The molecular formula is C26H26N6O3S2. The molecule has 190 valence electrons. The third kappa shape index (κ3) is 6.30. The zero-order valence-electron chi connectivity index (χ0n) is 20.3. The average molecular weight is 535 g/mol. The molecule has 0 unspecified atom stereocenters. The minimum atomic E-state index is -0.388. The number of carbonyl (C=O) groups is 3. The maximum absolute atomic E-state index is 11.8. The highest BCUT2D eigenvalue weighted by Gasteiger charge is 2.25. The van der Waals surface area contributed by atoms with E-state index >= 15 is 0 Å². The van der Waals surface area contributed by atoms with Gasteiger partial charge >= 0.3 is 0 Å². The molecule has 0 aromatic carbocycles. The standard InChI is InChI=1S/C26H26N6O3S2/c1-16(33)21-4-5-22(36-21)20-3-2-18(15-29-20)14-27-13-17-7-10-32(11-8-17)25-28-9-6-19(30-25)12-23-24(34)31-26(35)37-23/h2-6,9,12,15,17,27H,7-8,10-11,13-14H2,1H3,(H,31,34,35). The van der Waals surface area contributed by atoms with Crippen molar-refractivity contribution in [3.05, 3.63) is 63.8 Å². The Bertz CT molecular complexity index is 1350. The van der Waals surface area contributed by atoms with Crippen LogP contribution in [0.4, 0.5) is 10.7 Å². The van der Waals surface area contributed by atoms with Crippen LogP contribution in [0.3, 0.4) is 0 Å². The van der Waals surface area contributed by atoms with Crippen molar-refractivity contribution in [1.82, 2.24) is 25.6 Å². The zero-order valence-corrected chi connectivity index (χ0v) is 21.9. The minimum absolute atomic E-state index is 0.0780. The van der Waals surface area contributed by atoms with Gasteiger partial charge in [0.2, 0.25) is 5.95 Å². The zero-order chi connectivity index (χ0) is 25.8. The van der Waals surface area contributed by atoms with E-state index < -0.39 is 0 Å². The lowest BCUT2D eigenvalue weighted by atomic mass is 9.97. The molecule has 0 spiro atoms. The highest BCUT2D eigenvalue weighted by atomic mass is 32.2. The van der Waals surface area contributed by atoms with Crippen LogP contribution in [0.5, 0.6) is 0 Å². The number of ketones is 1. The van der Waals surface area contributed by atoms with Gasteiger partial charge in [0.1, 0.15) is 0 Å². The van der Waals surface area contributed by atoms with E-state index in [0.29, 0.717) is 22.5 Å². The molecule has 2 aliphatic rings. The fourth-order valence-electron chi connectivity index (χ4n) is 4.25. The summed E-state index contributed by atoms with van der Waals surface area (Å²) >= 11 is 2.35. The number of anilines is 1. The van der Waals surface area contributed by atoms with E-state index in [4.69, 9.17) is 0 Å². The number of aromatic nitrogens is 3. The first-order valence-electron chi connectivity index (χ1n) is 12.0. The summed E-state index contributed by atoms with van der Waals surface area (Å²) in [4.78, 5) is 52.5. The molecule has 2 N–H and O–H groups in total. The summed E-state index contributed by atoms with van der Waals surface area (Å²) < 4.78 is 0. The monoisotopic (exact) mass is 534 g/mol. The lowest BCUT2D eigenvalue weighted by molar-refractivity contribution is -0.115. The summed E-state index contributed by atoms with van der Waals surface area (Å²) in [7, 11) is 0. The third-order valence-electron chi connectivity index (χ3n) is 6.28. The second-order valence-electron chi connectivity index (χ2n) is 8.97. The van der Waals surface area contributed by atoms with Crippen molar-refractivity contribution in [1.29, 1.82) is 0 Å². The van der Waals surface area contributed by atoms with Gasteiger partial charge in [-0.1, -0.05) is 6.07 Å². The molecule has 3 aromatic heterocycles. The van der Waals surface area contributed by atoms with E-state index in [1.807, 2.05) is 24.4 Å². The number of rotatable bonds is 8. The van der Waals surface area contributed by atoms with E-state index in [0.717, 1.165) is 71.8 Å². The molecule has 2 saturated heterocycles. The summed E-state index contributed by atoms with van der Waals surface area (Å²) in [6.45, 7) is 4.98. The lowest BCUT2D eigenvalue weighted by Gasteiger charge is -2.32. The molecule has 0 aliphatic carbocycles. The fourth-order valence-corrected chi connectivity index (χ4v) is 5.79. The summed E-state index contributed by atoms with van der Waals surface area (Å²) in [5, 5.41) is 5.44. The van der Waals surface area contributed by atoms with Crippen molar-refractivity contribution < 1.29 is 14.4 Å². The Balaban J connectivity index is 1.08. The largest absolute Gasteiger partial charge is 0.341 e. The molecular weight excluding hydrogens is 508 g/mol. The number of carbonyl (C=O) groups excluding carboxylic acids is 3. The van der Waals surface area contributed by atoms with Crippen LogP contribution < -0.4 is 15.5 Å². The lowest BCUT2D eigenvalue weighted by Crippen LogP contribution is -2.38. The number of thioether (sulfide) groups is 1. The molecule has 5 heterocycles. The maximum atomic E-state index is 11.8. The fraction of sp³-hybridized carbons (Fsp3) is 0.308. The number of hydrogen-bond acceptors (Lipinski definition) is 10. The minimum Gasteiger partial charge on any atom is -0.341 e. The smallest absolute Gasteiger partial charge is 0.290 e. The number of Topliss-reactive ketones (excluding diaryl/α,β-unsaturated/α-hetero) is 1. The van der Waals surface area contributed by atoms with Gasteiger partial charge in [-0.05, 0) is 79.9 Å². The number of hydrogen-bond donors (Lipinski definition) is 2. The Morgan fingerprint density at radius 2 is 2.00 bits per heavy atom. The van der Waals surface area contributed by atoms with Crippen LogP contribution in [0.25, 0.3) is 16.6 Å². The van der Waals surface area contributed by atoms with Gasteiger partial charge in [-0.3, -0.25) is 24.7 Å². The number of piperidine rings is 1. The number of nitrogens with zero attached hydrogens (tertiary/aromatic N) is 4. The number of imide groups is 1. The van der Waals surface area contributed by atoms with E-state index in [1.165, 1.54) is 11.3 Å². The number of pyridine rings is 1. The van der Waals surface area contributed by atoms with Crippen LogP contribution in [0.1, 0.15) is 40.7 Å². The molecule has 11 heteroatoms.